The Kier molecular flexibility index (Phi) is 4.16. The Bertz CT molecular complexity index is 684. The number of aromatic carboxylic acids is 1. The molecule has 0 aliphatic carbocycles. The molecular formula is C15H17N3O4. The molecule has 1 aromatic heterocycles. The maximum Gasteiger partial charge on any atom is 0.412 e. The Morgan fingerprint density at radius 1 is 1.23 bits per heavy atom. The molecule has 7 nitrogen and oxygen atoms in total. The number of carboxylic acid groups (broad SMARTS) is 1. The van der Waals surface area contributed by atoms with Crippen molar-refractivity contribution in [3.05, 3.63) is 36.3 Å². The quantitative estimate of drug-likeness (QED) is 0.808. The number of imidazole rings is 1. The molecule has 2 rings (SSSR count). The van der Waals surface area contributed by atoms with E-state index in [0.29, 0.717) is 11.4 Å². The molecule has 0 saturated heterocycles. The van der Waals surface area contributed by atoms with Crippen molar-refractivity contribution >= 4 is 17.7 Å². The molecule has 1 heterocycles. The van der Waals surface area contributed by atoms with E-state index in [1.165, 1.54) is 6.20 Å². The first kappa shape index (κ1) is 15.6. The molecule has 0 spiro atoms. The first-order valence-electron chi connectivity index (χ1n) is 6.63. The zero-order valence-electron chi connectivity index (χ0n) is 12.5. The molecule has 1 amide bonds. The second-order valence-electron chi connectivity index (χ2n) is 5.65. The summed E-state index contributed by atoms with van der Waals surface area (Å²) in [5.41, 5.74) is 1.36. The number of H-pyrrole nitrogens is 1. The van der Waals surface area contributed by atoms with Gasteiger partial charge < -0.3 is 14.8 Å². The fourth-order valence-electron chi connectivity index (χ4n) is 1.73. The van der Waals surface area contributed by atoms with E-state index in [0.717, 1.165) is 5.56 Å². The number of ether oxygens (including phenoxy) is 1. The number of aromatic amines is 1. The molecular weight excluding hydrogens is 286 g/mol. The van der Waals surface area contributed by atoms with Gasteiger partial charge in [-0.25, -0.2) is 14.6 Å². The maximum absolute atomic E-state index is 11.6. The number of carbonyl (C=O) groups excluding carboxylic acids is 1. The summed E-state index contributed by atoms with van der Waals surface area (Å²) < 4.78 is 5.15. The van der Waals surface area contributed by atoms with Gasteiger partial charge >= 0.3 is 12.1 Å². The van der Waals surface area contributed by atoms with Crippen LogP contribution < -0.4 is 5.32 Å². The lowest BCUT2D eigenvalue weighted by molar-refractivity contribution is 0.0633. The van der Waals surface area contributed by atoms with Crippen molar-refractivity contribution in [3.63, 3.8) is 0 Å². The number of rotatable bonds is 3. The number of nitrogens with one attached hydrogen (secondary N) is 2. The number of hydrogen-bond donors (Lipinski definition) is 3. The van der Waals surface area contributed by atoms with Crippen molar-refractivity contribution in [2.45, 2.75) is 26.4 Å². The lowest BCUT2D eigenvalue weighted by Crippen LogP contribution is -2.27. The number of nitrogens with zero attached hydrogens (tertiary/aromatic N) is 1. The van der Waals surface area contributed by atoms with Gasteiger partial charge in [0.25, 0.3) is 0 Å². The molecule has 0 fully saturated rings. The minimum Gasteiger partial charge on any atom is -0.475 e. The number of aromatic nitrogens is 2. The summed E-state index contributed by atoms with van der Waals surface area (Å²) in [4.78, 5) is 28.9. The van der Waals surface area contributed by atoms with E-state index >= 15 is 0 Å². The topological polar surface area (TPSA) is 104 Å². The van der Waals surface area contributed by atoms with Gasteiger partial charge in [0.05, 0.1) is 11.9 Å². The van der Waals surface area contributed by atoms with Gasteiger partial charge in [0.15, 0.2) is 0 Å². The van der Waals surface area contributed by atoms with Crippen LogP contribution in [0.1, 0.15) is 31.4 Å². The number of amides is 1. The van der Waals surface area contributed by atoms with Crippen molar-refractivity contribution in [1.82, 2.24) is 9.97 Å². The molecule has 2 aromatic rings. The summed E-state index contributed by atoms with van der Waals surface area (Å²) in [5.74, 6) is -1.24. The lowest BCUT2D eigenvalue weighted by Gasteiger charge is -2.19. The fraction of sp³-hybridized carbons (Fsp3) is 0.267. The molecule has 3 N–H and O–H groups in total. The van der Waals surface area contributed by atoms with Gasteiger partial charge in [0.2, 0.25) is 5.82 Å². The SMILES string of the molecule is CC(C)(C)OC(=O)Nc1ccc(-c2cnc(C(=O)O)[nH]2)cc1. The van der Waals surface area contributed by atoms with Crippen LogP contribution in [0.5, 0.6) is 0 Å². The van der Waals surface area contributed by atoms with Gasteiger partial charge in [-0.15, -0.1) is 0 Å². The second kappa shape index (κ2) is 5.88. The Hall–Kier alpha value is -2.83. The number of carboxylic acids is 1. The highest BCUT2D eigenvalue weighted by Gasteiger charge is 2.16. The molecule has 0 unspecified atom stereocenters. The van der Waals surface area contributed by atoms with Gasteiger partial charge in [-0.2, -0.15) is 0 Å². The van der Waals surface area contributed by atoms with E-state index in [2.05, 4.69) is 15.3 Å². The number of anilines is 1. The standard InChI is InChI=1S/C15H17N3O4/c1-15(2,3)22-14(21)17-10-6-4-9(5-7-10)11-8-16-12(18-11)13(19)20/h4-8H,1-3H3,(H,16,18)(H,17,21)(H,19,20). The van der Waals surface area contributed by atoms with Crippen molar-refractivity contribution in [3.8, 4) is 11.3 Å². The summed E-state index contributed by atoms with van der Waals surface area (Å²) in [6.45, 7) is 5.36. The molecule has 7 heteroatoms. The zero-order chi connectivity index (χ0) is 16.3. The number of benzene rings is 1. The van der Waals surface area contributed by atoms with Crippen LogP contribution in [0.15, 0.2) is 30.5 Å². The highest BCUT2D eigenvalue weighted by atomic mass is 16.6. The molecule has 0 atom stereocenters. The average Bonchev–Trinajstić information content (AvgIpc) is 2.87. The van der Waals surface area contributed by atoms with Crippen LogP contribution in [0.25, 0.3) is 11.3 Å². The van der Waals surface area contributed by atoms with Crippen LogP contribution in [-0.4, -0.2) is 32.7 Å². The smallest absolute Gasteiger partial charge is 0.412 e. The third kappa shape index (κ3) is 4.08. The first-order valence-corrected chi connectivity index (χ1v) is 6.63. The predicted molar refractivity (Wildman–Crippen MR) is 80.8 cm³/mol. The number of hydrogen-bond acceptors (Lipinski definition) is 4. The second-order valence-corrected chi connectivity index (χ2v) is 5.65. The predicted octanol–water partition coefficient (Wildman–Crippen LogP) is 3.12. The van der Waals surface area contributed by atoms with Crippen molar-refractivity contribution < 1.29 is 19.4 Å². The largest absolute Gasteiger partial charge is 0.475 e. The van der Waals surface area contributed by atoms with Gasteiger partial charge in [-0.3, -0.25) is 5.32 Å². The van der Waals surface area contributed by atoms with Crippen LogP contribution >= 0.6 is 0 Å². The summed E-state index contributed by atoms with van der Waals surface area (Å²) in [6, 6.07) is 6.87. The summed E-state index contributed by atoms with van der Waals surface area (Å²) in [7, 11) is 0. The van der Waals surface area contributed by atoms with Gasteiger partial charge in [-0.05, 0) is 38.5 Å². The minimum atomic E-state index is -1.12. The van der Waals surface area contributed by atoms with E-state index in [9.17, 15) is 9.59 Å². The van der Waals surface area contributed by atoms with Crippen LogP contribution in [0.4, 0.5) is 10.5 Å². The van der Waals surface area contributed by atoms with Crippen LogP contribution in [0, 0.1) is 0 Å². The molecule has 0 aliphatic heterocycles. The molecule has 0 bridgehead atoms. The van der Waals surface area contributed by atoms with Crippen LogP contribution in [0.2, 0.25) is 0 Å². The molecule has 116 valence electrons. The normalized spacial score (nSPS) is 11.0. The summed E-state index contributed by atoms with van der Waals surface area (Å²) in [6.07, 6.45) is 0.912. The van der Waals surface area contributed by atoms with E-state index in [4.69, 9.17) is 9.84 Å². The molecule has 0 aliphatic rings. The molecule has 1 aromatic carbocycles. The Morgan fingerprint density at radius 3 is 2.36 bits per heavy atom. The van der Waals surface area contributed by atoms with Gasteiger partial charge in [0, 0.05) is 5.69 Å². The fourth-order valence-corrected chi connectivity index (χ4v) is 1.73. The van der Waals surface area contributed by atoms with Crippen molar-refractivity contribution in [2.75, 3.05) is 5.32 Å². The maximum atomic E-state index is 11.6. The Balaban J connectivity index is 2.06. The third-order valence-electron chi connectivity index (χ3n) is 2.62. The van der Waals surface area contributed by atoms with Crippen molar-refractivity contribution in [2.24, 2.45) is 0 Å². The molecule has 0 saturated carbocycles. The third-order valence-corrected chi connectivity index (χ3v) is 2.62. The van der Waals surface area contributed by atoms with Gasteiger partial charge in [0.1, 0.15) is 5.60 Å². The minimum absolute atomic E-state index is 0.119. The molecule has 0 radical (unpaired) electrons. The van der Waals surface area contributed by atoms with Crippen LogP contribution in [-0.2, 0) is 4.74 Å². The zero-order valence-corrected chi connectivity index (χ0v) is 12.5. The highest BCUT2D eigenvalue weighted by Crippen LogP contribution is 2.20. The van der Waals surface area contributed by atoms with E-state index in [1.807, 2.05) is 0 Å². The Labute approximate surface area is 127 Å². The van der Waals surface area contributed by atoms with E-state index in [1.54, 1.807) is 45.0 Å². The van der Waals surface area contributed by atoms with Gasteiger partial charge in [-0.1, -0.05) is 12.1 Å². The monoisotopic (exact) mass is 303 g/mol. The van der Waals surface area contributed by atoms with E-state index in [-0.39, 0.29) is 5.82 Å². The summed E-state index contributed by atoms with van der Waals surface area (Å²) in [5, 5.41) is 11.4. The lowest BCUT2D eigenvalue weighted by atomic mass is 10.1. The first-order chi connectivity index (χ1) is 10.2. The number of carbonyl (C=O) groups is 2. The summed E-state index contributed by atoms with van der Waals surface area (Å²) >= 11 is 0. The van der Waals surface area contributed by atoms with Crippen molar-refractivity contribution in [1.29, 1.82) is 0 Å². The highest BCUT2D eigenvalue weighted by molar-refractivity contribution is 5.86. The average molecular weight is 303 g/mol. The Morgan fingerprint density at radius 2 is 1.86 bits per heavy atom. The van der Waals surface area contributed by atoms with Crippen LogP contribution in [0.3, 0.4) is 0 Å². The molecule has 22 heavy (non-hydrogen) atoms. The van der Waals surface area contributed by atoms with E-state index < -0.39 is 17.7 Å².